The highest BCUT2D eigenvalue weighted by Gasteiger charge is 2.39. The van der Waals surface area contributed by atoms with Gasteiger partial charge in [-0.2, -0.15) is 13.2 Å². The van der Waals surface area contributed by atoms with Gasteiger partial charge in [-0.3, -0.25) is 9.36 Å². The second-order valence-corrected chi connectivity index (χ2v) is 7.41. The predicted molar refractivity (Wildman–Crippen MR) is 85.9 cm³/mol. The van der Waals surface area contributed by atoms with E-state index in [9.17, 15) is 22.5 Å². The fourth-order valence-corrected chi connectivity index (χ4v) is 3.49. The first-order valence-electron chi connectivity index (χ1n) is 7.30. The molecular formula is C16H20F3O4P. The van der Waals surface area contributed by atoms with Crippen molar-refractivity contribution in [1.82, 2.24) is 0 Å². The van der Waals surface area contributed by atoms with Gasteiger partial charge in [-0.1, -0.05) is 24.3 Å². The summed E-state index contributed by atoms with van der Waals surface area (Å²) in [6, 6.07) is 4.77. The minimum atomic E-state index is -4.91. The number of hydrogen-bond donors (Lipinski definition) is 0. The van der Waals surface area contributed by atoms with Crippen molar-refractivity contribution in [3.63, 3.8) is 0 Å². The molecule has 0 heterocycles. The number of alkyl halides is 3. The van der Waals surface area contributed by atoms with Gasteiger partial charge in [0.15, 0.2) is 0 Å². The SMILES string of the molecule is CC(C)OP(=O)(/C=C/c1ccc(C(=O)C(F)(F)F)cc1)OC(C)C. The van der Waals surface area contributed by atoms with E-state index in [2.05, 4.69) is 0 Å². The van der Waals surface area contributed by atoms with E-state index in [1.165, 1.54) is 24.0 Å². The Hall–Kier alpha value is -1.43. The first-order chi connectivity index (χ1) is 10.9. The van der Waals surface area contributed by atoms with Crippen LogP contribution in [0.3, 0.4) is 0 Å². The van der Waals surface area contributed by atoms with Crippen LogP contribution < -0.4 is 0 Å². The standard InChI is InChI=1S/C16H20F3O4P/c1-11(2)22-24(21,23-12(3)4)10-9-13-5-7-14(8-6-13)15(20)16(17,18)19/h5-12H,1-4H3/b10-9+. The Morgan fingerprint density at radius 2 is 1.50 bits per heavy atom. The molecule has 0 atom stereocenters. The highest BCUT2D eigenvalue weighted by Crippen LogP contribution is 2.52. The summed E-state index contributed by atoms with van der Waals surface area (Å²) in [4.78, 5) is 11.1. The molecule has 0 amide bonds. The molecule has 0 saturated carbocycles. The molecule has 24 heavy (non-hydrogen) atoms. The second-order valence-electron chi connectivity index (χ2n) is 5.61. The molecule has 8 heteroatoms. The zero-order chi connectivity index (χ0) is 18.5. The number of carbonyl (C=O) groups is 1. The van der Waals surface area contributed by atoms with E-state index in [1.54, 1.807) is 27.7 Å². The fourth-order valence-electron chi connectivity index (χ4n) is 1.77. The highest BCUT2D eigenvalue weighted by molar-refractivity contribution is 7.57. The van der Waals surface area contributed by atoms with Crippen molar-refractivity contribution in [1.29, 1.82) is 0 Å². The van der Waals surface area contributed by atoms with Crippen molar-refractivity contribution >= 4 is 19.5 Å². The van der Waals surface area contributed by atoms with Gasteiger partial charge < -0.3 is 9.05 Å². The van der Waals surface area contributed by atoms with Crippen molar-refractivity contribution in [3.8, 4) is 0 Å². The Morgan fingerprint density at radius 3 is 1.88 bits per heavy atom. The van der Waals surface area contributed by atoms with Crippen molar-refractivity contribution in [2.24, 2.45) is 0 Å². The van der Waals surface area contributed by atoms with Gasteiger partial charge in [0.25, 0.3) is 5.78 Å². The Bertz CT molecular complexity index is 620. The van der Waals surface area contributed by atoms with E-state index < -0.39 is 25.1 Å². The molecule has 0 saturated heterocycles. The van der Waals surface area contributed by atoms with Gasteiger partial charge in [0.2, 0.25) is 0 Å². The second kappa shape index (κ2) is 8.10. The van der Waals surface area contributed by atoms with Gasteiger partial charge in [0.1, 0.15) is 0 Å². The van der Waals surface area contributed by atoms with Gasteiger partial charge in [-0.25, -0.2) is 0 Å². The van der Waals surface area contributed by atoms with E-state index >= 15 is 0 Å². The molecule has 0 fully saturated rings. The van der Waals surface area contributed by atoms with Crippen LogP contribution in [-0.4, -0.2) is 24.2 Å². The van der Waals surface area contributed by atoms with Crippen LogP contribution in [0.5, 0.6) is 0 Å². The number of hydrogen-bond acceptors (Lipinski definition) is 4. The minimum Gasteiger partial charge on any atom is -0.303 e. The van der Waals surface area contributed by atoms with Gasteiger partial charge in [0.05, 0.1) is 12.2 Å². The third kappa shape index (κ3) is 6.59. The minimum absolute atomic E-state index is 0.328. The van der Waals surface area contributed by atoms with Gasteiger partial charge >= 0.3 is 13.8 Å². The first kappa shape index (κ1) is 20.6. The molecule has 1 rings (SSSR count). The molecule has 0 aromatic heterocycles. The Labute approximate surface area is 139 Å². The zero-order valence-corrected chi connectivity index (χ0v) is 14.7. The third-order valence-electron chi connectivity index (χ3n) is 2.60. The number of ketones is 1. The molecule has 0 radical (unpaired) electrons. The number of halogens is 3. The first-order valence-corrected chi connectivity index (χ1v) is 8.91. The van der Waals surface area contributed by atoms with Crippen LogP contribution in [-0.2, 0) is 13.6 Å². The maximum Gasteiger partial charge on any atom is 0.454 e. The normalized spacial score (nSPS) is 13.2. The van der Waals surface area contributed by atoms with E-state index in [0.717, 1.165) is 12.1 Å². The van der Waals surface area contributed by atoms with Gasteiger partial charge in [0, 0.05) is 11.4 Å². The number of benzene rings is 1. The molecule has 0 N–H and O–H groups in total. The maximum atomic E-state index is 12.6. The summed E-state index contributed by atoms with van der Waals surface area (Å²) in [6.45, 7) is 6.84. The summed E-state index contributed by atoms with van der Waals surface area (Å²) in [7, 11) is -3.48. The van der Waals surface area contributed by atoms with Crippen LogP contribution in [0.2, 0.25) is 0 Å². The van der Waals surface area contributed by atoms with Crippen molar-refractivity contribution < 1.29 is 31.6 Å². The smallest absolute Gasteiger partial charge is 0.303 e. The molecule has 0 spiro atoms. The molecule has 0 bridgehead atoms. The monoisotopic (exact) mass is 364 g/mol. The lowest BCUT2D eigenvalue weighted by Gasteiger charge is -2.19. The summed E-state index contributed by atoms with van der Waals surface area (Å²) in [5.41, 5.74) is 0.00774. The predicted octanol–water partition coefficient (Wildman–Crippen LogP) is 5.45. The van der Waals surface area contributed by atoms with Crippen molar-refractivity contribution in [3.05, 3.63) is 41.2 Å². The number of rotatable bonds is 7. The molecule has 4 nitrogen and oxygen atoms in total. The maximum absolute atomic E-state index is 12.6. The summed E-state index contributed by atoms with van der Waals surface area (Å²) < 4.78 is 60.3. The third-order valence-corrected chi connectivity index (χ3v) is 4.54. The summed E-state index contributed by atoms with van der Waals surface area (Å²) in [5, 5.41) is 0. The molecule has 1 aromatic rings. The van der Waals surface area contributed by atoms with Crippen LogP contribution in [0.4, 0.5) is 13.2 Å². The lowest BCUT2D eigenvalue weighted by Crippen LogP contribution is -2.22. The van der Waals surface area contributed by atoms with Crippen LogP contribution in [0.15, 0.2) is 30.1 Å². The van der Waals surface area contributed by atoms with Crippen molar-refractivity contribution in [2.75, 3.05) is 0 Å². The average molecular weight is 364 g/mol. The summed E-state index contributed by atoms with van der Waals surface area (Å²) in [5.74, 6) is -0.650. The lowest BCUT2D eigenvalue weighted by molar-refractivity contribution is -0.0885. The zero-order valence-electron chi connectivity index (χ0n) is 13.8. The Kier molecular flexibility index (Phi) is 6.96. The van der Waals surface area contributed by atoms with Crippen LogP contribution in [0, 0.1) is 0 Å². The molecular weight excluding hydrogens is 344 g/mol. The van der Waals surface area contributed by atoms with Crippen LogP contribution in [0.25, 0.3) is 6.08 Å². The summed E-state index contributed by atoms with van der Waals surface area (Å²) >= 11 is 0. The lowest BCUT2D eigenvalue weighted by atomic mass is 10.1. The quantitative estimate of drug-likeness (QED) is 0.477. The molecule has 0 aliphatic heterocycles. The number of carbonyl (C=O) groups excluding carboxylic acids is 1. The average Bonchev–Trinajstić information content (AvgIpc) is 2.42. The van der Waals surface area contributed by atoms with Crippen LogP contribution >= 0.6 is 7.60 Å². The topological polar surface area (TPSA) is 52.6 Å². The number of Topliss-reactive ketones (excluding diaryl/α,β-unsaturated/α-hetero) is 1. The molecule has 0 aliphatic rings. The van der Waals surface area contributed by atoms with Gasteiger partial charge in [-0.15, -0.1) is 0 Å². The van der Waals surface area contributed by atoms with Crippen molar-refractivity contribution in [2.45, 2.75) is 46.1 Å². The Morgan fingerprint density at radius 1 is 1.04 bits per heavy atom. The largest absolute Gasteiger partial charge is 0.454 e. The molecule has 0 aliphatic carbocycles. The van der Waals surface area contributed by atoms with Gasteiger partial charge in [-0.05, 0) is 39.3 Å². The van der Waals surface area contributed by atoms with E-state index in [0.29, 0.717) is 5.56 Å². The van der Waals surface area contributed by atoms with E-state index in [-0.39, 0.29) is 12.2 Å². The van der Waals surface area contributed by atoms with E-state index in [4.69, 9.17) is 9.05 Å². The molecule has 0 unspecified atom stereocenters. The van der Waals surface area contributed by atoms with Crippen LogP contribution in [0.1, 0.15) is 43.6 Å². The molecule has 134 valence electrons. The summed E-state index contributed by atoms with van der Waals surface area (Å²) in [6.07, 6.45) is -4.14. The Balaban J connectivity index is 2.96. The highest BCUT2D eigenvalue weighted by atomic mass is 31.2. The fraction of sp³-hybridized carbons (Fsp3) is 0.438. The molecule has 1 aromatic carbocycles. The van der Waals surface area contributed by atoms with E-state index in [1.807, 2.05) is 0 Å².